The van der Waals surface area contributed by atoms with Gasteiger partial charge in [0, 0.05) is 33.8 Å². The van der Waals surface area contributed by atoms with Crippen LogP contribution in [0.2, 0.25) is 6.04 Å². The summed E-state index contributed by atoms with van der Waals surface area (Å²) < 4.78 is 127. The highest BCUT2D eigenvalue weighted by atomic mass is 32.3. The van der Waals surface area contributed by atoms with E-state index in [0.29, 0.717) is 0 Å². The van der Waals surface area contributed by atoms with E-state index in [2.05, 4.69) is 6.92 Å². The first-order valence-corrected chi connectivity index (χ1v) is 17.5. The fourth-order valence-electron chi connectivity index (χ4n) is 4.37. The lowest BCUT2D eigenvalue weighted by Gasteiger charge is -2.42. The molecule has 1 heterocycles. The molecule has 0 aliphatic carbocycles. The Morgan fingerprint density at radius 1 is 0.692 bits per heavy atom. The van der Waals surface area contributed by atoms with E-state index < -0.39 is 39.9 Å². The van der Waals surface area contributed by atoms with Crippen molar-refractivity contribution in [2.24, 2.45) is 0 Å². The van der Waals surface area contributed by atoms with Crippen LogP contribution >= 0.6 is 0 Å². The van der Waals surface area contributed by atoms with Crippen molar-refractivity contribution in [1.29, 1.82) is 0 Å². The van der Waals surface area contributed by atoms with Crippen molar-refractivity contribution in [2.75, 3.05) is 47.5 Å². The molecule has 0 radical (unpaired) electrons. The second-order valence-corrected chi connectivity index (χ2v) is 15.9. The van der Waals surface area contributed by atoms with E-state index in [1.54, 1.807) is 21.3 Å². The van der Waals surface area contributed by atoms with Crippen molar-refractivity contribution in [3.63, 3.8) is 0 Å². The second-order valence-electron chi connectivity index (χ2n) is 9.38. The molecule has 0 bridgehead atoms. The van der Waals surface area contributed by atoms with Gasteiger partial charge < -0.3 is 21.9 Å². The third-order valence-electron chi connectivity index (χ3n) is 6.58. The van der Waals surface area contributed by atoms with Crippen LogP contribution < -0.4 is 0 Å². The maximum atomic E-state index is 11.4. The predicted molar refractivity (Wildman–Crippen MR) is 136 cm³/mol. The van der Waals surface area contributed by atoms with Gasteiger partial charge in [0.1, 0.15) is 0 Å². The lowest BCUT2D eigenvalue weighted by atomic mass is 10.0. The van der Waals surface area contributed by atoms with Gasteiger partial charge in [-0.15, -0.1) is 0 Å². The van der Waals surface area contributed by atoms with Gasteiger partial charge in [0.25, 0.3) is 0 Å². The molecule has 0 unspecified atom stereocenters. The van der Waals surface area contributed by atoms with Crippen molar-refractivity contribution >= 4 is 28.9 Å². The van der Waals surface area contributed by atoms with Crippen molar-refractivity contribution in [3.8, 4) is 0 Å². The Hall–Kier alpha value is -0.503. The summed E-state index contributed by atoms with van der Waals surface area (Å²) in [5, 5.41) is 0. The highest BCUT2D eigenvalue weighted by Crippen LogP contribution is 2.36. The van der Waals surface area contributed by atoms with Crippen LogP contribution in [0.1, 0.15) is 71.1 Å². The van der Waals surface area contributed by atoms with Crippen molar-refractivity contribution in [3.05, 3.63) is 4.13 Å². The van der Waals surface area contributed by atoms with E-state index in [4.69, 9.17) is 13.3 Å². The first-order valence-electron chi connectivity index (χ1n) is 12.7. The first-order chi connectivity index (χ1) is 17.9. The zero-order chi connectivity index (χ0) is 30.4. The van der Waals surface area contributed by atoms with E-state index >= 15 is 0 Å². The van der Waals surface area contributed by atoms with Gasteiger partial charge in [-0.1, -0.05) is 32.6 Å². The molecule has 18 heteroatoms. The zero-order valence-electron chi connectivity index (χ0n) is 22.9. The molecule has 39 heavy (non-hydrogen) atoms. The van der Waals surface area contributed by atoms with Crippen molar-refractivity contribution in [2.45, 2.75) is 88.2 Å². The molecular formula is C21H42F6N2O7S2Si. The number of hydrogen-bond donors (Lipinski definition) is 0. The number of unbranched alkanes of at least 4 members (excludes halogenated alkanes) is 5. The van der Waals surface area contributed by atoms with Gasteiger partial charge in [0.05, 0.1) is 26.2 Å². The molecule has 0 spiro atoms. The maximum absolute atomic E-state index is 11.4. The van der Waals surface area contributed by atoms with Crippen LogP contribution in [0, 0.1) is 0 Å². The Morgan fingerprint density at radius 2 is 1.10 bits per heavy atom. The Morgan fingerprint density at radius 3 is 1.51 bits per heavy atom. The molecule has 0 aromatic carbocycles. The molecular weight excluding hydrogens is 598 g/mol. The standard InChI is InChI=1S/C19H42NO3Si.C2F6NO4S2/c1-5-6-7-8-9-11-15-20(16-12-10-13-17-20)18-14-19-24(21-2,22-3)23-4;3-1(4,5)14(10,11)9-15(12,13)2(6,7)8/h5-19H2,1-4H3;/q+1;-1. The molecule has 0 amide bonds. The Kier molecular flexibility index (Phi) is 16.6. The minimum absolute atomic E-state index is 0.778. The number of quaternary nitrogens is 1. The molecule has 236 valence electrons. The van der Waals surface area contributed by atoms with E-state index in [-0.39, 0.29) is 0 Å². The van der Waals surface area contributed by atoms with Crippen LogP contribution in [0.15, 0.2) is 0 Å². The minimum atomic E-state index is -6.72. The quantitative estimate of drug-likeness (QED) is 0.0925. The third-order valence-corrected chi connectivity index (χ3v) is 12.2. The molecule has 0 N–H and O–H groups in total. The van der Waals surface area contributed by atoms with Crippen LogP contribution in [0.25, 0.3) is 4.13 Å². The SMILES string of the molecule is CCCCCCCC[N+]1(CCC[Si](OC)(OC)OC)CCCCC1.O=S(=O)([N-]S(=O)(=O)C(F)(F)F)C(F)(F)F. The number of halogens is 6. The van der Waals surface area contributed by atoms with Gasteiger partial charge >= 0.3 is 19.8 Å². The summed E-state index contributed by atoms with van der Waals surface area (Å²) in [5.41, 5.74) is -12.4. The monoisotopic (exact) mass is 640 g/mol. The maximum Gasteiger partial charge on any atom is 0.500 e. The first kappa shape index (κ1) is 38.5. The number of alkyl halides is 6. The van der Waals surface area contributed by atoms with Gasteiger partial charge in [0.2, 0.25) is 0 Å². The van der Waals surface area contributed by atoms with Crippen LogP contribution in [0.3, 0.4) is 0 Å². The Bertz CT molecular complexity index is 843. The lowest BCUT2D eigenvalue weighted by Crippen LogP contribution is -2.53. The van der Waals surface area contributed by atoms with Crippen LogP contribution in [-0.2, 0) is 33.3 Å². The van der Waals surface area contributed by atoms with Gasteiger partial charge in [0.15, 0.2) is 20.0 Å². The summed E-state index contributed by atoms with van der Waals surface area (Å²) in [4.78, 5) is 0. The zero-order valence-corrected chi connectivity index (χ0v) is 25.6. The van der Waals surface area contributed by atoms with Crippen LogP contribution in [0.4, 0.5) is 26.3 Å². The molecule has 9 nitrogen and oxygen atoms in total. The summed E-state index contributed by atoms with van der Waals surface area (Å²) >= 11 is 0. The average Bonchev–Trinajstić information content (AvgIpc) is 2.83. The fourth-order valence-corrected chi connectivity index (χ4v) is 7.78. The highest BCUT2D eigenvalue weighted by Gasteiger charge is 2.47. The molecule has 1 saturated heterocycles. The molecule has 0 saturated carbocycles. The molecule has 1 aliphatic rings. The molecule has 1 fully saturated rings. The van der Waals surface area contributed by atoms with Crippen molar-refractivity contribution < 1.29 is 60.9 Å². The van der Waals surface area contributed by atoms with E-state index in [9.17, 15) is 43.2 Å². The van der Waals surface area contributed by atoms with Crippen LogP contribution in [0.5, 0.6) is 0 Å². The summed E-state index contributed by atoms with van der Waals surface area (Å²) in [7, 11) is -10.7. The predicted octanol–water partition coefficient (Wildman–Crippen LogP) is 5.68. The summed E-state index contributed by atoms with van der Waals surface area (Å²) in [6.07, 6.45) is 13.7. The molecule has 0 atom stereocenters. The Labute approximate surface area is 229 Å². The van der Waals surface area contributed by atoms with Gasteiger partial charge in [-0.05, 0) is 32.1 Å². The highest BCUT2D eigenvalue weighted by molar-refractivity contribution is 8.13. The van der Waals surface area contributed by atoms with E-state index in [1.165, 1.54) is 88.4 Å². The molecule has 1 aliphatic heterocycles. The number of sulfonamides is 2. The second kappa shape index (κ2) is 16.8. The Balaban J connectivity index is 0.000000830. The fraction of sp³-hybridized carbons (Fsp3) is 1.00. The normalized spacial score (nSPS) is 17.0. The molecule has 0 aromatic rings. The van der Waals surface area contributed by atoms with Gasteiger partial charge in [-0.2, -0.15) is 26.3 Å². The molecule has 1 rings (SSSR count). The average molecular weight is 641 g/mol. The van der Waals surface area contributed by atoms with Gasteiger partial charge in [-0.25, -0.2) is 16.8 Å². The smallest absolute Gasteiger partial charge is 0.421 e. The van der Waals surface area contributed by atoms with Gasteiger partial charge in [-0.3, -0.25) is 0 Å². The van der Waals surface area contributed by atoms with Crippen molar-refractivity contribution in [1.82, 2.24) is 0 Å². The number of likely N-dealkylation sites (tertiary alicyclic amines) is 1. The third kappa shape index (κ3) is 13.3. The topological polar surface area (TPSA) is 110 Å². The minimum Gasteiger partial charge on any atom is -0.421 e. The lowest BCUT2D eigenvalue weighted by molar-refractivity contribution is -0.932. The largest absolute Gasteiger partial charge is 0.500 e. The molecule has 0 aromatic heterocycles. The van der Waals surface area contributed by atoms with Crippen LogP contribution in [-0.4, -0.2) is 88.6 Å². The summed E-state index contributed by atoms with van der Waals surface area (Å²) in [6, 6.07) is 0.938. The number of piperidine rings is 1. The summed E-state index contributed by atoms with van der Waals surface area (Å²) in [5.74, 6) is 0. The summed E-state index contributed by atoms with van der Waals surface area (Å²) in [6.45, 7) is 7.66. The van der Waals surface area contributed by atoms with E-state index in [0.717, 1.165) is 16.6 Å². The number of rotatable bonds is 16. The number of hydrogen-bond acceptors (Lipinski definition) is 7. The van der Waals surface area contributed by atoms with E-state index in [1.807, 2.05) is 0 Å². The number of nitrogens with zero attached hydrogens (tertiary/aromatic N) is 2.